The Labute approximate surface area is 215 Å². The molecule has 0 aliphatic carbocycles. The molecule has 1 aliphatic rings. The second kappa shape index (κ2) is 11.5. The SMILES string of the molecule is Cl.N#Cc1ccsc1-c1ccc2cc(O)ccc2c1Oc1ccc(OCCN2CCCCC2)cc1. The quantitative estimate of drug-likeness (QED) is 0.286. The minimum Gasteiger partial charge on any atom is -0.508 e. The number of rotatable bonds is 7. The third-order valence-corrected chi connectivity index (χ3v) is 7.10. The Bertz CT molecular complexity index is 1320. The van der Waals surface area contributed by atoms with E-state index < -0.39 is 0 Å². The molecule has 0 atom stereocenters. The number of ether oxygens (including phenoxy) is 2. The summed E-state index contributed by atoms with van der Waals surface area (Å²) in [4.78, 5) is 3.33. The van der Waals surface area contributed by atoms with Crippen LogP contribution < -0.4 is 9.47 Å². The Morgan fingerprint density at radius 3 is 2.49 bits per heavy atom. The lowest BCUT2D eigenvalue weighted by atomic mass is 10.0. The number of likely N-dealkylation sites (tertiary alicyclic amines) is 1. The van der Waals surface area contributed by atoms with Gasteiger partial charge in [-0.25, -0.2) is 0 Å². The van der Waals surface area contributed by atoms with Gasteiger partial charge >= 0.3 is 0 Å². The fraction of sp³-hybridized carbons (Fsp3) is 0.250. The number of phenolic OH excluding ortho intramolecular Hbond substituents is 1. The summed E-state index contributed by atoms with van der Waals surface area (Å²) in [7, 11) is 0. The van der Waals surface area contributed by atoms with E-state index in [-0.39, 0.29) is 18.2 Å². The van der Waals surface area contributed by atoms with Crippen LogP contribution in [0.25, 0.3) is 21.2 Å². The van der Waals surface area contributed by atoms with Crippen molar-refractivity contribution in [2.24, 2.45) is 0 Å². The molecular weight excluding hydrogens is 480 g/mol. The molecule has 35 heavy (non-hydrogen) atoms. The minimum absolute atomic E-state index is 0. The van der Waals surface area contributed by atoms with Crippen molar-refractivity contribution in [3.05, 3.63) is 71.6 Å². The molecule has 1 aliphatic heterocycles. The van der Waals surface area contributed by atoms with Gasteiger partial charge in [0.25, 0.3) is 0 Å². The summed E-state index contributed by atoms with van der Waals surface area (Å²) >= 11 is 1.51. The predicted molar refractivity (Wildman–Crippen MR) is 143 cm³/mol. The second-order valence-corrected chi connectivity index (χ2v) is 9.36. The third kappa shape index (κ3) is 5.71. The number of thiophene rings is 1. The maximum Gasteiger partial charge on any atom is 0.143 e. The molecule has 1 saturated heterocycles. The largest absolute Gasteiger partial charge is 0.508 e. The third-order valence-electron chi connectivity index (χ3n) is 6.15. The first kappa shape index (κ1) is 24.9. The van der Waals surface area contributed by atoms with Crippen LogP contribution in [0.5, 0.6) is 23.0 Å². The number of hydrogen-bond donors (Lipinski definition) is 1. The highest BCUT2D eigenvalue weighted by molar-refractivity contribution is 7.13. The van der Waals surface area contributed by atoms with Crippen LogP contribution in [0.1, 0.15) is 24.8 Å². The molecule has 1 N–H and O–H groups in total. The maximum absolute atomic E-state index is 9.93. The second-order valence-electron chi connectivity index (χ2n) is 8.45. The van der Waals surface area contributed by atoms with Crippen molar-refractivity contribution in [3.8, 4) is 39.5 Å². The number of phenols is 1. The summed E-state index contributed by atoms with van der Waals surface area (Å²) < 4.78 is 12.3. The van der Waals surface area contributed by atoms with Gasteiger partial charge in [0.15, 0.2) is 0 Å². The first-order valence-corrected chi connectivity index (χ1v) is 12.5. The van der Waals surface area contributed by atoms with E-state index in [4.69, 9.17) is 9.47 Å². The summed E-state index contributed by atoms with van der Waals surface area (Å²) in [5.41, 5.74) is 1.47. The molecule has 180 valence electrons. The fourth-order valence-corrected chi connectivity index (χ4v) is 5.25. The van der Waals surface area contributed by atoms with Crippen molar-refractivity contribution in [1.82, 2.24) is 4.90 Å². The molecule has 7 heteroatoms. The number of aromatic hydroxyl groups is 1. The Balaban J connectivity index is 0.00000289. The maximum atomic E-state index is 9.93. The average molecular weight is 507 g/mol. The summed E-state index contributed by atoms with van der Waals surface area (Å²) in [6.45, 7) is 3.96. The minimum atomic E-state index is 0. The van der Waals surface area contributed by atoms with Crippen molar-refractivity contribution < 1.29 is 14.6 Å². The molecule has 0 amide bonds. The molecule has 0 spiro atoms. The van der Waals surface area contributed by atoms with E-state index in [9.17, 15) is 10.4 Å². The predicted octanol–water partition coefficient (Wildman–Crippen LogP) is 7.22. The first-order chi connectivity index (χ1) is 16.7. The van der Waals surface area contributed by atoms with Crippen molar-refractivity contribution in [2.45, 2.75) is 19.3 Å². The summed E-state index contributed by atoms with van der Waals surface area (Å²) in [5.74, 6) is 2.36. The topological polar surface area (TPSA) is 65.7 Å². The van der Waals surface area contributed by atoms with Gasteiger partial charge in [-0.2, -0.15) is 5.26 Å². The van der Waals surface area contributed by atoms with Gasteiger partial charge < -0.3 is 14.6 Å². The van der Waals surface area contributed by atoms with Gasteiger partial charge in [-0.05, 0) is 91.3 Å². The molecule has 5 rings (SSSR count). The first-order valence-electron chi connectivity index (χ1n) is 11.6. The standard InChI is InChI=1S/C28H26N2O3S.ClH/c29-19-21-12-17-34-28(21)26-10-4-20-18-22(31)5-11-25(20)27(26)33-24-8-6-23(7-9-24)32-16-15-30-13-2-1-3-14-30;/h4-12,17-18,31H,1-3,13-16H2;1H. The van der Waals surface area contributed by atoms with E-state index in [1.54, 1.807) is 12.1 Å². The van der Waals surface area contributed by atoms with Gasteiger partial charge in [-0.1, -0.05) is 12.5 Å². The summed E-state index contributed by atoms with van der Waals surface area (Å²) in [5, 5.41) is 23.1. The van der Waals surface area contributed by atoms with E-state index in [2.05, 4.69) is 11.0 Å². The zero-order chi connectivity index (χ0) is 23.3. The Hall–Kier alpha value is -3.24. The molecular formula is C28H27ClN2O3S. The molecule has 0 bridgehead atoms. The fourth-order valence-electron chi connectivity index (χ4n) is 4.38. The van der Waals surface area contributed by atoms with Crippen LogP contribution in [-0.2, 0) is 0 Å². The van der Waals surface area contributed by atoms with Gasteiger partial charge in [0.05, 0.1) is 10.4 Å². The van der Waals surface area contributed by atoms with Crippen molar-refractivity contribution in [2.75, 3.05) is 26.2 Å². The van der Waals surface area contributed by atoms with Crippen molar-refractivity contribution in [1.29, 1.82) is 5.26 Å². The monoisotopic (exact) mass is 506 g/mol. The van der Waals surface area contributed by atoms with E-state index in [1.165, 1.54) is 43.7 Å². The van der Waals surface area contributed by atoms with Gasteiger partial charge in [0.2, 0.25) is 0 Å². The Kier molecular flexibility index (Phi) is 8.14. The molecule has 1 fully saturated rings. The molecule has 2 heterocycles. The lowest BCUT2D eigenvalue weighted by Crippen LogP contribution is -2.33. The molecule has 5 nitrogen and oxygen atoms in total. The summed E-state index contributed by atoms with van der Waals surface area (Å²) in [6, 6.07) is 20.8. The van der Waals surface area contributed by atoms with Gasteiger partial charge in [0.1, 0.15) is 35.7 Å². The van der Waals surface area contributed by atoms with Gasteiger partial charge in [0, 0.05) is 17.5 Å². The number of hydrogen-bond acceptors (Lipinski definition) is 6. The van der Waals surface area contributed by atoms with Gasteiger partial charge in [-0.3, -0.25) is 4.90 Å². The van der Waals surface area contributed by atoms with E-state index in [1.807, 2.05) is 53.9 Å². The highest BCUT2D eigenvalue weighted by Gasteiger charge is 2.17. The molecule has 1 aromatic heterocycles. The van der Waals surface area contributed by atoms with Crippen LogP contribution in [0.4, 0.5) is 0 Å². The highest BCUT2D eigenvalue weighted by Crippen LogP contribution is 2.43. The summed E-state index contributed by atoms with van der Waals surface area (Å²) in [6.07, 6.45) is 3.90. The molecule has 0 unspecified atom stereocenters. The zero-order valence-electron chi connectivity index (χ0n) is 19.3. The lowest BCUT2D eigenvalue weighted by Gasteiger charge is -2.26. The number of halogens is 1. The average Bonchev–Trinajstić information content (AvgIpc) is 3.34. The number of nitrogens with zero attached hydrogens (tertiary/aromatic N) is 2. The van der Waals surface area contributed by atoms with Gasteiger partial charge in [-0.15, -0.1) is 23.7 Å². The number of fused-ring (bicyclic) bond motifs is 1. The molecule has 4 aromatic rings. The normalized spacial score (nSPS) is 13.7. The van der Waals surface area contributed by atoms with Crippen LogP contribution in [0.15, 0.2) is 66.0 Å². The van der Waals surface area contributed by atoms with Crippen molar-refractivity contribution in [3.63, 3.8) is 0 Å². The van der Waals surface area contributed by atoms with E-state index >= 15 is 0 Å². The zero-order valence-corrected chi connectivity index (χ0v) is 20.9. The number of piperidine rings is 1. The van der Waals surface area contributed by atoms with Crippen LogP contribution in [-0.4, -0.2) is 36.2 Å². The van der Waals surface area contributed by atoms with Crippen molar-refractivity contribution >= 4 is 34.5 Å². The number of benzene rings is 3. The Morgan fingerprint density at radius 2 is 1.71 bits per heavy atom. The van der Waals surface area contributed by atoms with E-state index in [0.29, 0.717) is 23.7 Å². The Morgan fingerprint density at radius 1 is 0.943 bits per heavy atom. The van der Waals surface area contributed by atoms with Crippen LogP contribution >= 0.6 is 23.7 Å². The van der Waals surface area contributed by atoms with Crippen LogP contribution in [0, 0.1) is 11.3 Å². The highest BCUT2D eigenvalue weighted by atomic mass is 35.5. The molecule has 0 radical (unpaired) electrons. The lowest BCUT2D eigenvalue weighted by molar-refractivity contribution is 0.183. The van der Waals surface area contributed by atoms with Crippen LogP contribution in [0.2, 0.25) is 0 Å². The molecule has 3 aromatic carbocycles. The van der Waals surface area contributed by atoms with E-state index in [0.717, 1.165) is 33.5 Å². The number of nitriles is 1. The van der Waals surface area contributed by atoms with Crippen LogP contribution in [0.3, 0.4) is 0 Å². The smallest absolute Gasteiger partial charge is 0.143 e. The molecule has 0 saturated carbocycles.